The van der Waals surface area contributed by atoms with Crippen LogP contribution in [0, 0.1) is 11.6 Å². The first-order valence-corrected chi connectivity index (χ1v) is 10.7. The summed E-state index contributed by atoms with van der Waals surface area (Å²) in [7, 11) is -4.13. The number of nitrogens with one attached hydrogen (secondary N) is 2. The fourth-order valence-electron chi connectivity index (χ4n) is 3.17. The molecule has 27 heavy (non-hydrogen) atoms. The summed E-state index contributed by atoms with van der Waals surface area (Å²) in [6, 6.07) is 8.25. The van der Waals surface area contributed by atoms with Gasteiger partial charge in [0, 0.05) is 30.9 Å². The van der Waals surface area contributed by atoms with E-state index in [1.807, 2.05) is 0 Å². The number of piperazine rings is 1. The Kier molecular flexibility index (Phi) is 5.73. The average Bonchev–Trinajstić information content (AvgIpc) is 2.58. The van der Waals surface area contributed by atoms with Gasteiger partial charge in [0.1, 0.15) is 11.6 Å². The van der Waals surface area contributed by atoms with Crippen LogP contribution in [0.3, 0.4) is 0 Å². The van der Waals surface area contributed by atoms with Crippen molar-refractivity contribution in [3.8, 4) is 0 Å². The number of hydrogen-bond donors (Lipinski definition) is 2. The van der Waals surface area contributed by atoms with Crippen molar-refractivity contribution in [3.05, 3.63) is 52.5 Å². The molecule has 3 rings (SSSR count). The standard InChI is InChI=1S/C18H20BrF2N3O2S/c1-11-9-24(10-12(2)22-11)13-3-6-16(20)18(7-13)23-27(25,26)14-4-5-15(19)17(21)8-14/h3-8,11-12,22-23H,9-10H2,1-2H3/t11-,12+. The molecule has 0 radical (unpaired) electrons. The highest BCUT2D eigenvalue weighted by Gasteiger charge is 2.23. The van der Waals surface area contributed by atoms with E-state index >= 15 is 0 Å². The Morgan fingerprint density at radius 1 is 1.07 bits per heavy atom. The van der Waals surface area contributed by atoms with Crippen molar-refractivity contribution in [1.82, 2.24) is 5.32 Å². The summed E-state index contributed by atoms with van der Waals surface area (Å²) in [4.78, 5) is 1.79. The highest BCUT2D eigenvalue weighted by molar-refractivity contribution is 9.10. The molecular weight excluding hydrogens is 440 g/mol. The zero-order valence-electron chi connectivity index (χ0n) is 14.8. The number of benzene rings is 2. The van der Waals surface area contributed by atoms with Gasteiger partial charge in [-0.15, -0.1) is 0 Å². The van der Waals surface area contributed by atoms with Crippen molar-refractivity contribution in [2.75, 3.05) is 22.7 Å². The SMILES string of the molecule is C[C@@H]1CN(c2ccc(F)c(NS(=O)(=O)c3ccc(Br)c(F)c3)c2)C[C@H](C)N1. The second-order valence-electron chi connectivity index (χ2n) is 6.72. The number of halogens is 3. The monoisotopic (exact) mass is 459 g/mol. The maximum absolute atomic E-state index is 14.2. The summed E-state index contributed by atoms with van der Waals surface area (Å²) in [6.45, 7) is 5.55. The average molecular weight is 460 g/mol. The highest BCUT2D eigenvalue weighted by atomic mass is 79.9. The van der Waals surface area contributed by atoms with Crippen molar-refractivity contribution in [2.45, 2.75) is 30.8 Å². The number of anilines is 2. The van der Waals surface area contributed by atoms with Crippen molar-refractivity contribution >= 4 is 37.3 Å². The van der Waals surface area contributed by atoms with Crippen LogP contribution in [0.25, 0.3) is 0 Å². The lowest BCUT2D eigenvalue weighted by Gasteiger charge is -2.37. The number of sulfonamides is 1. The molecule has 1 heterocycles. The van der Waals surface area contributed by atoms with E-state index in [9.17, 15) is 17.2 Å². The van der Waals surface area contributed by atoms with Gasteiger partial charge in [-0.1, -0.05) is 0 Å². The van der Waals surface area contributed by atoms with Crippen LogP contribution in [-0.2, 0) is 10.0 Å². The van der Waals surface area contributed by atoms with Crippen LogP contribution in [0.5, 0.6) is 0 Å². The van der Waals surface area contributed by atoms with E-state index in [4.69, 9.17) is 0 Å². The first kappa shape index (κ1) is 20.0. The Balaban J connectivity index is 1.89. The van der Waals surface area contributed by atoms with Gasteiger partial charge < -0.3 is 10.2 Å². The minimum absolute atomic E-state index is 0.150. The molecule has 0 aliphatic carbocycles. The Bertz CT molecular complexity index is 946. The van der Waals surface area contributed by atoms with Gasteiger partial charge >= 0.3 is 0 Å². The Morgan fingerprint density at radius 3 is 2.37 bits per heavy atom. The largest absolute Gasteiger partial charge is 0.368 e. The predicted molar refractivity (Wildman–Crippen MR) is 106 cm³/mol. The van der Waals surface area contributed by atoms with E-state index in [2.05, 4.69) is 44.7 Å². The Labute approximate surface area is 165 Å². The van der Waals surface area contributed by atoms with Crippen molar-refractivity contribution in [2.24, 2.45) is 0 Å². The van der Waals surface area contributed by atoms with E-state index in [1.54, 1.807) is 6.07 Å². The molecule has 0 amide bonds. The molecule has 5 nitrogen and oxygen atoms in total. The van der Waals surface area contributed by atoms with E-state index in [1.165, 1.54) is 24.3 Å². The first-order chi connectivity index (χ1) is 12.7. The summed E-state index contributed by atoms with van der Waals surface area (Å²) < 4.78 is 55.3. The van der Waals surface area contributed by atoms with Crippen LogP contribution in [0.1, 0.15) is 13.8 Å². The predicted octanol–water partition coefficient (Wildman–Crippen LogP) is 3.71. The van der Waals surface area contributed by atoms with Crippen LogP contribution >= 0.6 is 15.9 Å². The van der Waals surface area contributed by atoms with Gasteiger partial charge in [-0.2, -0.15) is 0 Å². The van der Waals surface area contributed by atoms with Crippen molar-refractivity contribution in [1.29, 1.82) is 0 Å². The zero-order chi connectivity index (χ0) is 19.8. The Hall–Kier alpha value is -1.71. The third-order valence-electron chi connectivity index (χ3n) is 4.32. The molecule has 1 aliphatic rings. The normalized spacial score (nSPS) is 20.6. The van der Waals surface area contributed by atoms with Gasteiger partial charge in [0.25, 0.3) is 10.0 Å². The van der Waals surface area contributed by atoms with Gasteiger partial charge in [0.05, 0.1) is 15.1 Å². The number of hydrogen-bond acceptors (Lipinski definition) is 4. The molecular formula is C18H20BrF2N3O2S. The molecule has 0 spiro atoms. The third kappa shape index (κ3) is 4.59. The van der Waals surface area contributed by atoms with E-state index in [0.717, 1.165) is 24.8 Å². The van der Waals surface area contributed by atoms with Crippen LogP contribution < -0.4 is 14.9 Å². The number of rotatable bonds is 4. The molecule has 1 saturated heterocycles. The summed E-state index contributed by atoms with van der Waals surface area (Å²) >= 11 is 2.98. The molecule has 1 fully saturated rings. The molecule has 0 bridgehead atoms. The second-order valence-corrected chi connectivity index (χ2v) is 9.26. The van der Waals surface area contributed by atoms with Crippen LogP contribution in [-0.4, -0.2) is 33.6 Å². The van der Waals surface area contributed by atoms with Gasteiger partial charge in [-0.25, -0.2) is 17.2 Å². The molecule has 0 aromatic heterocycles. The maximum Gasteiger partial charge on any atom is 0.262 e. The lowest BCUT2D eigenvalue weighted by atomic mass is 10.1. The fourth-order valence-corrected chi connectivity index (χ4v) is 4.49. The van der Waals surface area contributed by atoms with Crippen molar-refractivity contribution in [3.63, 3.8) is 0 Å². The first-order valence-electron chi connectivity index (χ1n) is 8.44. The van der Waals surface area contributed by atoms with Gasteiger partial charge in [0.2, 0.25) is 0 Å². The van der Waals surface area contributed by atoms with Crippen LogP contribution in [0.15, 0.2) is 45.8 Å². The quantitative estimate of drug-likeness (QED) is 0.731. The summed E-state index contributed by atoms with van der Waals surface area (Å²) in [5.41, 5.74) is 0.547. The van der Waals surface area contributed by atoms with Gasteiger partial charge in [-0.3, -0.25) is 4.72 Å². The second kappa shape index (κ2) is 7.73. The van der Waals surface area contributed by atoms with E-state index < -0.39 is 21.7 Å². The topological polar surface area (TPSA) is 61.4 Å². The molecule has 0 unspecified atom stereocenters. The smallest absolute Gasteiger partial charge is 0.262 e. The van der Waals surface area contributed by atoms with E-state index in [-0.39, 0.29) is 27.1 Å². The lowest BCUT2D eigenvalue weighted by molar-refractivity contribution is 0.407. The van der Waals surface area contributed by atoms with E-state index in [0.29, 0.717) is 0 Å². The molecule has 2 aromatic carbocycles. The highest BCUT2D eigenvalue weighted by Crippen LogP contribution is 2.27. The summed E-state index contributed by atoms with van der Waals surface area (Å²) in [6.07, 6.45) is 0. The molecule has 146 valence electrons. The molecule has 2 aromatic rings. The Morgan fingerprint density at radius 2 is 1.74 bits per heavy atom. The maximum atomic E-state index is 14.2. The fraction of sp³-hybridized carbons (Fsp3) is 0.333. The van der Waals surface area contributed by atoms with Gasteiger partial charge in [-0.05, 0) is 66.2 Å². The van der Waals surface area contributed by atoms with Crippen molar-refractivity contribution < 1.29 is 17.2 Å². The minimum atomic E-state index is -4.13. The third-order valence-corrected chi connectivity index (χ3v) is 6.32. The van der Waals surface area contributed by atoms with Gasteiger partial charge in [0.15, 0.2) is 0 Å². The molecule has 2 atom stereocenters. The summed E-state index contributed by atoms with van der Waals surface area (Å²) in [5, 5.41) is 3.41. The van der Waals surface area contributed by atoms with Crippen LogP contribution in [0.2, 0.25) is 0 Å². The molecule has 9 heteroatoms. The molecule has 0 saturated carbocycles. The number of nitrogens with zero attached hydrogens (tertiary/aromatic N) is 1. The lowest BCUT2D eigenvalue weighted by Crippen LogP contribution is -2.54. The molecule has 1 aliphatic heterocycles. The zero-order valence-corrected chi connectivity index (χ0v) is 17.2. The van der Waals surface area contributed by atoms with Crippen LogP contribution in [0.4, 0.5) is 20.2 Å². The molecule has 2 N–H and O–H groups in total. The minimum Gasteiger partial charge on any atom is -0.368 e. The summed E-state index contributed by atoms with van der Waals surface area (Å²) in [5.74, 6) is -1.41.